The molecule has 1 atom stereocenters. The van der Waals surface area contributed by atoms with Crippen molar-refractivity contribution in [2.45, 2.75) is 119 Å². The van der Waals surface area contributed by atoms with Crippen LogP contribution in [0.4, 0.5) is 0 Å². The first-order valence-electron chi connectivity index (χ1n) is 12.2. The van der Waals surface area contributed by atoms with Crippen LogP contribution >= 0.6 is 31.9 Å². The smallest absolute Gasteiger partial charge is 0.148 e. The number of hydrogen-bond acceptors (Lipinski definition) is 2. The Morgan fingerprint density at radius 1 is 0.655 bits per heavy atom. The Hall–Kier alpha value is 0.620. The summed E-state index contributed by atoms with van der Waals surface area (Å²) in [6.07, 6.45) is 27.0. The zero-order chi connectivity index (χ0) is 22.0. The molecule has 0 N–H and O–H groups in total. The van der Waals surface area contributed by atoms with E-state index in [1.807, 2.05) is 0 Å². The van der Waals surface area contributed by atoms with E-state index < -0.39 is 0 Å². The largest absolute Gasteiger partial charge is 0.303 e. The first-order chi connectivity index (χ1) is 13.8. The van der Waals surface area contributed by atoms with Crippen LogP contribution in [-0.4, -0.2) is 47.4 Å². The summed E-state index contributed by atoms with van der Waals surface area (Å²) < 4.78 is -0.192. The van der Waals surface area contributed by atoms with Gasteiger partial charge in [0.1, 0.15) is 3.36 Å². The molecular formula is C25H50Br2N2. The van der Waals surface area contributed by atoms with Crippen LogP contribution in [0.3, 0.4) is 0 Å². The molecule has 0 aliphatic rings. The quantitative estimate of drug-likeness (QED) is 0.0662. The fourth-order valence-electron chi connectivity index (χ4n) is 3.76. The molecule has 0 fully saturated rings. The third-order valence-corrected chi connectivity index (χ3v) is 8.35. The van der Waals surface area contributed by atoms with Crippen LogP contribution in [0.25, 0.3) is 0 Å². The SMILES string of the molecule is CCCCCCCCCCCCCCCCC=CCC(N(C)C)C(Br)(Br)N(C)C. The molecule has 29 heavy (non-hydrogen) atoms. The Labute approximate surface area is 200 Å². The lowest BCUT2D eigenvalue weighted by molar-refractivity contribution is 0.196. The van der Waals surface area contributed by atoms with Crippen LogP contribution < -0.4 is 0 Å². The summed E-state index contributed by atoms with van der Waals surface area (Å²) in [6, 6.07) is 0.380. The van der Waals surface area contributed by atoms with E-state index in [0.29, 0.717) is 6.04 Å². The fourth-order valence-corrected chi connectivity index (χ4v) is 4.95. The van der Waals surface area contributed by atoms with Crippen molar-refractivity contribution in [3.8, 4) is 0 Å². The summed E-state index contributed by atoms with van der Waals surface area (Å²) >= 11 is 7.66. The molecular weight excluding hydrogens is 488 g/mol. The molecule has 0 aromatic carbocycles. The highest BCUT2D eigenvalue weighted by atomic mass is 79.9. The van der Waals surface area contributed by atoms with Crippen molar-refractivity contribution in [2.24, 2.45) is 0 Å². The standard InChI is InChI=1S/C25H50Br2N2/c1-6-7-8-9-10-11-12-13-14-15-16-17-18-19-20-21-22-23-24(28(2)3)25(26,27)29(4)5/h21-22,24H,6-20,23H2,1-5H3. The van der Waals surface area contributed by atoms with Gasteiger partial charge in [0, 0.05) is 0 Å². The zero-order valence-electron chi connectivity index (χ0n) is 20.2. The minimum absolute atomic E-state index is 0.192. The molecule has 0 rings (SSSR count). The molecule has 0 saturated carbocycles. The molecule has 174 valence electrons. The second-order valence-electron chi connectivity index (χ2n) is 9.05. The summed E-state index contributed by atoms with van der Waals surface area (Å²) in [5.74, 6) is 0. The maximum Gasteiger partial charge on any atom is 0.148 e. The molecule has 0 amide bonds. The molecule has 0 aliphatic carbocycles. The van der Waals surface area contributed by atoms with E-state index in [9.17, 15) is 0 Å². The van der Waals surface area contributed by atoms with Gasteiger partial charge in [-0.05, 0) is 47.5 Å². The second kappa shape index (κ2) is 19.3. The maximum absolute atomic E-state index is 3.83. The molecule has 1 unspecified atom stereocenters. The maximum atomic E-state index is 3.83. The normalized spacial score (nSPS) is 13.8. The van der Waals surface area contributed by atoms with Crippen LogP contribution in [0.1, 0.15) is 110 Å². The summed E-state index contributed by atoms with van der Waals surface area (Å²) in [5.41, 5.74) is 0. The Morgan fingerprint density at radius 3 is 1.45 bits per heavy atom. The molecule has 0 aromatic heterocycles. The Kier molecular flexibility index (Phi) is 19.7. The first-order valence-corrected chi connectivity index (χ1v) is 13.8. The molecule has 0 saturated heterocycles. The first kappa shape index (κ1) is 29.6. The van der Waals surface area contributed by atoms with Gasteiger partial charge in [0.05, 0.1) is 6.04 Å². The minimum atomic E-state index is -0.192. The van der Waals surface area contributed by atoms with Crippen LogP contribution in [0.5, 0.6) is 0 Å². The molecule has 4 heteroatoms. The minimum Gasteiger partial charge on any atom is -0.303 e. The van der Waals surface area contributed by atoms with Gasteiger partial charge in [-0.15, -0.1) is 0 Å². The monoisotopic (exact) mass is 536 g/mol. The van der Waals surface area contributed by atoms with Crippen molar-refractivity contribution in [3.05, 3.63) is 12.2 Å². The average molecular weight is 538 g/mol. The van der Waals surface area contributed by atoms with Crippen molar-refractivity contribution in [3.63, 3.8) is 0 Å². The molecule has 2 nitrogen and oxygen atoms in total. The molecule has 0 spiro atoms. The number of nitrogens with zero attached hydrogens (tertiary/aromatic N) is 2. The van der Waals surface area contributed by atoms with E-state index in [4.69, 9.17) is 0 Å². The van der Waals surface area contributed by atoms with Crippen molar-refractivity contribution in [2.75, 3.05) is 28.2 Å². The number of halogens is 2. The Morgan fingerprint density at radius 2 is 1.07 bits per heavy atom. The lowest BCUT2D eigenvalue weighted by Crippen LogP contribution is -2.50. The zero-order valence-corrected chi connectivity index (χ0v) is 23.4. The number of likely N-dealkylation sites (N-methyl/N-ethyl adjacent to an activating group) is 2. The number of hydrogen-bond donors (Lipinski definition) is 0. The molecule has 0 heterocycles. The van der Waals surface area contributed by atoms with E-state index in [1.54, 1.807) is 0 Å². The number of rotatable bonds is 20. The topological polar surface area (TPSA) is 6.48 Å². The van der Waals surface area contributed by atoms with Gasteiger partial charge in [-0.2, -0.15) is 0 Å². The second-order valence-corrected chi connectivity index (χ2v) is 12.5. The van der Waals surface area contributed by atoms with E-state index >= 15 is 0 Å². The number of alkyl halides is 2. The summed E-state index contributed by atoms with van der Waals surface area (Å²) in [5, 5.41) is 0. The average Bonchev–Trinajstić information content (AvgIpc) is 2.66. The van der Waals surface area contributed by atoms with E-state index in [-0.39, 0.29) is 3.36 Å². The summed E-state index contributed by atoms with van der Waals surface area (Å²) in [6.45, 7) is 2.29. The summed E-state index contributed by atoms with van der Waals surface area (Å²) in [7, 11) is 8.48. The highest BCUT2D eigenvalue weighted by molar-refractivity contribution is 9.25. The van der Waals surface area contributed by atoms with E-state index in [1.165, 1.54) is 96.3 Å². The lowest BCUT2D eigenvalue weighted by atomic mass is 10.0. The molecule has 0 bridgehead atoms. The number of unbranched alkanes of at least 4 members (excludes halogenated alkanes) is 14. The lowest BCUT2D eigenvalue weighted by Gasteiger charge is -2.39. The van der Waals surface area contributed by atoms with Crippen molar-refractivity contribution in [1.29, 1.82) is 0 Å². The van der Waals surface area contributed by atoms with Gasteiger partial charge in [-0.1, -0.05) is 134 Å². The fraction of sp³-hybridized carbons (Fsp3) is 0.920. The molecule has 0 aliphatic heterocycles. The highest BCUT2D eigenvalue weighted by Gasteiger charge is 2.36. The predicted molar refractivity (Wildman–Crippen MR) is 140 cm³/mol. The van der Waals surface area contributed by atoms with Crippen LogP contribution in [-0.2, 0) is 0 Å². The van der Waals surface area contributed by atoms with Gasteiger partial charge in [0.15, 0.2) is 0 Å². The Balaban J connectivity index is 3.56. The number of allylic oxidation sites excluding steroid dienone is 1. The van der Waals surface area contributed by atoms with E-state index in [0.717, 1.165) is 6.42 Å². The van der Waals surface area contributed by atoms with Gasteiger partial charge in [-0.25, -0.2) is 0 Å². The third kappa shape index (κ3) is 16.0. The van der Waals surface area contributed by atoms with Crippen molar-refractivity contribution >= 4 is 31.9 Å². The molecule has 0 radical (unpaired) electrons. The predicted octanol–water partition coefficient (Wildman–Crippen LogP) is 8.74. The Bertz CT molecular complexity index is 381. The molecule has 0 aromatic rings. The van der Waals surface area contributed by atoms with Gasteiger partial charge < -0.3 is 4.90 Å². The van der Waals surface area contributed by atoms with Gasteiger partial charge in [0.2, 0.25) is 0 Å². The van der Waals surface area contributed by atoms with Gasteiger partial charge in [0.25, 0.3) is 0 Å². The van der Waals surface area contributed by atoms with Crippen LogP contribution in [0, 0.1) is 0 Å². The van der Waals surface area contributed by atoms with Crippen molar-refractivity contribution in [1.82, 2.24) is 9.80 Å². The van der Waals surface area contributed by atoms with E-state index in [2.05, 4.69) is 88.9 Å². The summed E-state index contributed by atoms with van der Waals surface area (Å²) in [4.78, 5) is 4.46. The highest BCUT2D eigenvalue weighted by Crippen LogP contribution is 2.36. The van der Waals surface area contributed by atoms with Crippen LogP contribution in [0.15, 0.2) is 12.2 Å². The third-order valence-electron chi connectivity index (χ3n) is 5.87. The van der Waals surface area contributed by atoms with Gasteiger partial charge in [-0.3, -0.25) is 4.90 Å². The van der Waals surface area contributed by atoms with Gasteiger partial charge >= 0.3 is 0 Å². The van der Waals surface area contributed by atoms with Crippen molar-refractivity contribution < 1.29 is 0 Å². The van der Waals surface area contributed by atoms with Crippen LogP contribution in [0.2, 0.25) is 0 Å².